The van der Waals surface area contributed by atoms with Gasteiger partial charge in [0.1, 0.15) is 0 Å². The first-order valence-corrected chi connectivity index (χ1v) is 5.27. The van der Waals surface area contributed by atoms with E-state index < -0.39 is 6.29 Å². The van der Waals surface area contributed by atoms with Gasteiger partial charge in [-0.1, -0.05) is 25.8 Å². The van der Waals surface area contributed by atoms with E-state index in [1.165, 1.54) is 24.8 Å². The van der Waals surface area contributed by atoms with Crippen molar-refractivity contribution in [2.75, 3.05) is 0 Å². The summed E-state index contributed by atoms with van der Waals surface area (Å²) < 4.78 is 5.68. The number of ether oxygens (including phenoxy) is 1. The molecule has 13 heavy (non-hydrogen) atoms. The standard InChI is InChI=1S/C11H18O2/c1-9-5-6-10(12)13-11(9)7-3-2-4-8-11/h10,12H,1-8H2. The van der Waals surface area contributed by atoms with Crippen LogP contribution in [0.25, 0.3) is 0 Å². The van der Waals surface area contributed by atoms with E-state index >= 15 is 0 Å². The summed E-state index contributed by atoms with van der Waals surface area (Å²) in [5.74, 6) is 0. The molecule has 2 rings (SSSR count). The van der Waals surface area contributed by atoms with E-state index in [9.17, 15) is 5.11 Å². The smallest absolute Gasteiger partial charge is 0.156 e. The van der Waals surface area contributed by atoms with Gasteiger partial charge in [0.2, 0.25) is 0 Å². The predicted octanol–water partition coefficient (Wildman–Crippen LogP) is 2.37. The molecule has 1 N–H and O–H groups in total. The lowest BCUT2D eigenvalue weighted by Gasteiger charge is -2.43. The molecule has 0 aromatic rings. The number of hydrogen-bond acceptors (Lipinski definition) is 2. The van der Waals surface area contributed by atoms with E-state index in [1.54, 1.807) is 0 Å². The van der Waals surface area contributed by atoms with Gasteiger partial charge in [-0.15, -0.1) is 0 Å². The van der Waals surface area contributed by atoms with Crippen LogP contribution in [0.5, 0.6) is 0 Å². The van der Waals surface area contributed by atoms with Crippen molar-refractivity contribution < 1.29 is 9.84 Å². The van der Waals surface area contributed by atoms with E-state index in [2.05, 4.69) is 6.58 Å². The van der Waals surface area contributed by atoms with Crippen LogP contribution >= 0.6 is 0 Å². The van der Waals surface area contributed by atoms with Crippen LogP contribution in [-0.4, -0.2) is 17.0 Å². The average molecular weight is 182 g/mol. The summed E-state index contributed by atoms with van der Waals surface area (Å²) in [5.41, 5.74) is 1.05. The van der Waals surface area contributed by atoms with Gasteiger partial charge < -0.3 is 9.84 Å². The molecule has 1 atom stereocenters. The average Bonchev–Trinajstić information content (AvgIpc) is 2.14. The monoisotopic (exact) mass is 182 g/mol. The van der Waals surface area contributed by atoms with E-state index in [0.29, 0.717) is 0 Å². The molecular weight excluding hydrogens is 164 g/mol. The van der Waals surface area contributed by atoms with Crippen LogP contribution in [-0.2, 0) is 4.74 Å². The number of hydrogen-bond donors (Lipinski definition) is 1. The van der Waals surface area contributed by atoms with Crippen molar-refractivity contribution in [2.24, 2.45) is 0 Å². The molecule has 2 heteroatoms. The second-order valence-electron chi connectivity index (χ2n) is 4.27. The molecule has 1 heterocycles. The van der Waals surface area contributed by atoms with Crippen LogP contribution in [0.4, 0.5) is 0 Å². The van der Waals surface area contributed by atoms with Crippen LogP contribution in [0.15, 0.2) is 12.2 Å². The molecule has 1 aliphatic carbocycles. The highest BCUT2D eigenvalue weighted by Gasteiger charge is 2.40. The van der Waals surface area contributed by atoms with Gasteiger partial charge in [0, 0.05) is 6.42 Å². The fourth-order valence-corrected chi connectivity index (χ4v) is 2.52. The number of aliphatic hydroxyl groups excluding tert-OH is 1. The largest absolute Gasteiger partial charge is 0.368 e. The SMILES string of the molecule is C=C1CCC(O)OC12CCCCC2. The molecule has 2 nitrogen and oxygen atoms in total. The fourth-order valence-electron chi connectivity index (χ4n) is 2.52. The van der Waals surface area contributed by atoms with Gasteiger partial charge in [0.05, 0.1) is 5.60 Å². The molecule has 2 fully saturated rings. The number of aliphatic hydroxyl groups is 1. The highest BCUT2D eigenvalue weighted by molar-refractivity contribution is 5.16. The van der Waals surface area contributed by atoms with Gasteiger partial charge >= 0.3 is 0 Å². The van der Waals surface area contributed by atoms with Crippen molar-refractivity contribution in [1.82, 2.24) is 0 Å². The topological polar surface area (TPSA) is 29.5 Å². The Morgan fingerprint density at radius 3 is 2.69 bits per heavy atom. The molecule has 1 spiro atoms. The Hall–Kier alpha value is -0.340. The molecule has 1 aliphatic heterocycles. The van der Waals surface area contributed by atoms with Crippen LogP contribution in [0, 0.1) is 0 Å². The summed E-state index contributed by atoms with van der Waals surface area (Å²) in [6, 6.07) is 0. The molecule has 0 aromatic heterocycles. The Labute approximate surface area is 79.6 Å². The molecule has 0 amide bonds. The van der Waals surface area contributed by atoms with E-state index in [-0.39, 0.29) is 5.60 Å². The Balaban J connectivity index is 2.11. The molecule has 74 valence electrons. The van der Waals surface area contributed by atoms with Gasteiger partial charge in [-0.25, -0.2) is 0 Å². The third-order valence-corrected chi connectivity index (χ3v) is 3.36. The van der Waals surface area contributed by atoms with Crippen molar-refractivity contribution in [1.29, 1.82) is 0 Å². The first-order valence-electron chi connectivity index (χ1n) is 5.27. The third-order valence-electron chi connectivity index (χ3n) is 3.36. The minimum Gasteiger partial charge on any atom is -0.368 e. The fraction of sp³-hybridized carbons (Fsp3) is 0.818. The maximum atomic E-state index is 9.48. The van der Waals surface area contributed by atoms with Crippen molar-refractivity contribution in [3.05, 3.63) is 12.2 Å². The normalized spacial score (nSPS) is 33.6. The van der Waals surface area contributed by atoms with Crippen LogP contribution in [0.2, 0.25) is 0 Å². The van der Waals surface area contributed by atoms with Gasteiger partial charge in [-0.05, 0) is 24.8 Å². The first-order chi connectivity index (χ1) is 6.23. The molecule has 1 unspecified atom stereocenters. The summed E-state index contributed by atoms with van der Waals surface area (Å²) in [6.07, 6.45) is 6.95. The molecule has 0 aromatic carbocycles. The van der Waals surface area contributed by atoms with E-state index in [1.807, 2.05) is 0 Å². The summed E-state index contributed by atoms with van der Waals surface area (Å²) in [6.45, 7) is 4.09. The van der Waals surface area contributed by atoms with E-state index in [0.717, 1.165) is 25.7 Å². The van der Waals surface area contributed by atoms with Crippen LogP contribution in [0.3, 0.4) is 0 Å². The van der Waals surface area contributed by atoms with Crippen LogP contribution < -0.4 is 0 Å². The molecule has 0 radical (unpaired) electrons. The van der Waals surface area contributed by atoms with Crippen molar-refractivity contribution >= 4 is 0 Å². The molecular formula is C11H18O2. The summed E-state index contributed by atoms with van der Waals surface area (Å²) >= 11 is 0. The Morgan fingerprint density at radius 1 is 1.31 bits per heavy atom. The Kier molecular flexibility index (Phi) is 2.43. The second-order valence-corrected chi connectivity index (χ2v) is 4.27. The second kappa shape index (κ2) is 3.43. The van der Waals surface area contributed by atoms with Crippen molar-refractivity contribution in [3.63, 3.8) is 0 Å². The van der Waals surface area contributed by atoms with Crippen LogP contribution in [0.1, 0.15) is 44.9 Å². The zero-order chi connectivity index (χ0) is 9.31. The molecule has 2 aliphatic rings. The van der Waals surface area contributed by atoms with Gasteiger partial charge in [-0.2, -0.15) is 0 Å². The van der Waals surface area contributed by atoms with Gasteiger partial charge in [0.25, 0.3) is 0 Å². The quantitative estimate of drug-likeness (QED) is 0.583. The highest BCUT2D eigenvalue weighted by Crippen LogP contribution is 2.42. The van der Waals surface area contributed by atoms with E-state index in [4.69, 9.17) is 4.74 Å². The first kappa shape index (κ1) is 9.22. The highest BCUT2D eigenvalue weighted by atomic mass is 16.6. The number of rotatable bonds is 0. The zero-order valence-corrected chi connectivity index (χ0v) is 8.09. The lowest BCUT2D eigenvalue weighted by molar-refractivity contribution is -0.199. The van der Waals surface area contributed by atoms with Gasteiger partial charge in [0.15, 0.2) is 6.29 Å². The summed E-state index contributed by atoms with van der Waals surface area (Å²) in [7, 11) is 0. The summed E-state index contributed by atoms with van der Waals surface area (Å²) in [5, 5.41) is 9.48. The third kappa shape index (κ3) is 1.65. The van der Waals surface area contributed by atoms with Crippen molar-refractivity contribution in [2.45, 2.75) is 56.8 Å². The van der Waals surface area contributed by atoms with Gasteiger partial charge in [-0.3, -0.25) is 0 Å². The zero-order valence-electron chi connectivity index (χ0n) is 8.09. The molecule has 1 saturated heterocycles. The Morgan fingerprint density at radius 2 is 2.00 bits per heavy atom. The molecule has 1 saturated carbocycles. The summed E-state index contributed by atoms with van der Waals surface area (Å²) in [4.78, 5) is 0. The maximum absolute atomic E-state index is 9.48. The lowest BCUT2D eigenvalue weighted by atomic mass is 9.77. The lowest BCUT2D eigenvalue weighted by Crippen LogP contribution is -2.43. The maximum Gasteiger partial charge on any atom is 0.156 e. The minimum atomic E-state index is -0.552. The minimum absolute atomic E-state index is 0.157. The molecule has 0 bridgehead atoms. The Bertz CT molecular complexity index is 204. The van der Waals surface area contributed by atoms with Crippen molar-refractivity contribution in [3.8, 4) is 0 Å². The predicted molar refractivity (Wildman–Crippen MR) is 51.3 cm³/mol.